The van der Waals surface area contributed by atoms with E-state index in [-0.39, 0.29) is 6.04 Å². The van der Waals surface area contributed by atoms with E-state index in [0.717, 1.165) is 17.0 Å². The lowest BCUT2D eigenvalue weighted by Crippen LogP contribution is -2.22. The Morgan fingerprint density at radius 3 is 2.23 bits per heavy atom. The van der Waals surface area contributed by atoms with Crippen LogP contribution in [0.1, 0.15) is 23.0 Å². The van der Waals surface area contributed by atoms with Crippen molar-refractivity contribution in [2.24, 2.45) is 5.16 Å². The minimum absolute atomic E-state index is 0.226. The first-order valence-corrected chi connectivity index (χ1v) is 7.13. The molecule has 0 saturated heterocycles. The molecule has 0 aliphatic heterocycles. The van der Waals surface area contributed by atoms with Crippen LogP contribution < -0.4 is 0 Å². The Bertz CT molecular complexity index is 763. The van der Waals surface area contributed by atoms with Crippen LogP contribution in [0.5, 0.6) is 0 Å². The van der Waals surface area contributed by atoms with Gasteiger partial charge in [-0.2, -0.15) is 0 Å². The molecule has 2 aromatic carbocycles. The highest BCUT2D eigenvalue weighted by molar-refractivity contribution is 6.04. The lowest BCUT2D eigenvalue weighted by Gasteiger charge is -2.22. The zero-order valence-corrected chi connectivity index (χ0v) is 12.3. The van der Waals surface area contributed by atoms with Crippen LogP contribution in [0.4, 0.5) is 0 Å². The molecule has 4 nitrogen and oxygen atoms in total. The Kier molecular flexibility index (Phi) is 4.01. The Balaban J connectivity index is 2.16. The van der Waals surface area contributed by atoms with Crippen molar-refractivity contribution in [3.05, 3.63) is 90.0 Å². The minimum Gasteiger partial charge on any atom is -0.411 e. The lowest BCUT2D eigenvalue weighted by atomic mass is 9.96. The van der Waals surface area contributed by atoms with Gasteiger partial charge in [0, 0.05) is 18.0 Å². The van der Waals surface area contributed by atoms with Crippen LogP contribution in [0.2, 0.25) is 0 Å². The average molecular weight is 291 g/mol. The maximum absolute atomic E-state index is 9.66. The summed E-state index contributed by atoms with van der Waals surface area (Å²) in [6.45, 7) is 1.94. The number of aromatic nitrogens is 2. The van der Waals surface area contributed by atoms with Crippen LogP contribution in [0, 0.1) is 6.92 Å². The van der Waals surface area contributed by atoms with Crippen molar-refractivity contribution in [1.29, 1.82) is 0 Å². The highest BCUT2D eigenvalue weighted by atomic mass is 16.4. The predicted octanol–water partition coefficient (Wildman–Crippen LogP) is 3.66. The van der Waals surface area contributed by atoms with Crippen LogP contribution in [0.25, 0.3) is 0 Å². The topological polar surface area (TPSA) is 50.4 Å². The highest BCUT2D eigenvalue weighted by Gasteiger charge is 2.23. The molecular weight excluding hydrogens is 274 g/mol. The Hall–Kier alpha value is -2.88. The van der Waals surface area contributed by atoms with E-state index >= 15 is 0 Å². The van der Waals surface area contributed by atoms with Gasteiger partial charge in [0.05, 0.1) is 0 Å². The number of nitrogens with zero attached hydrogens (tertiary/aromatic N) is 3. The van der Waals surface area contributed by atoms with E-state index in [4.69, 9.17) is 0 Å². The van der Waals surface area contributed by atoms with Crippen molar-refractivity contribution in [2.75, 3.05) is 0 Å². The van der Waals surface area contributed by atoms with Crippen molar-refractivity contribution in [1.82, 2.24) is 9.55 Å². The van der Waals surface area contributed by atoms with E-state index in [0.29, 0.717) is 5.71 Å². The molecule has 4 heteroatoms. The van der Waals surface area contributed by atoms with Gasteiger partial charge in [0.1, 0.15) is 17.6 Å². The summed E-state index contributed by atoms with van der Waals surface area (Å²) in [6, 6.07) is 19.5. The van der Waals surface area contributed by atoms with Crippen molar-refractivity contribution in [3.63, 3.8) is 0 Å². The third kappa shape index (κ3) is 2.63. The van der Waals surface area contributed by atoms with Crippen LogP contribution in [-0.4, -0.2) is 20.5 Å². The first kappa shape index (κ1) is 14.1. The maximum Gasteiger partial charge on any atom is 0.114 e. The van der Waals surface area contributed by atoms with Crippen LogP contribution in [-0.2, 0) is 0 Å². The fourth-order valence-corrected chi connectivity index (χ4v) is 2.63. The van der Waals surface area contributed by atoms with Gasteiger partial charge >= 0.3 is 0 Å². The van der Waals surface area contributed by atoms with Gasteiger partial charge in [0.2, 0.25) is 0 Å². The number of oxime groups is 1. The molecule has 0 saturated carbocycles. The zero-order chi connectivity index (χ0) is 15.4. The molecule has 1 N–H and O–H groups in total. The summed E-state index contributed by atoms with van der Waals surface area (Å²) in [4.78, 5) is 4.30. The molecule has 0 amide bonds. The first-order valence-electron chi connectivity index (χ1n) is 7.13. The Morgan fingerprint density at radius 2 is 1.68 bits per heavy atom. The number of aryl methyl sites for hydroxylation is 1. The van der Waals surface area contributed by atoms with E-state index in [2.05, 4.69) is 10.1 Å². The van der Waals surface area contributed by atoms with E-state index in [1.54, 1.807) is 6.20 Å². The number of imidazole rings is 1. The largest absolute Gasteiger partial charge is 0.411 e. The van der Waals surface area contributed by atoms with Crippen molar-refractivity contribution in [3.8, 4) is 0 Å². The fraction of sp³-hybridized carbons (Fsp3) is 0.111. The van der Waals surface area contributed by atoms with Gasteiger partial charge in [-0.05, 0) is 12.5 Å². The third-order valence-electron chi connectivity index (χ3n) is 3.69. The normalized spacial score (nSPS) is 13.0. The molecule has 0 spiro atoms. The lowest BCUT2D eigenvalue weighted by molar-refractivity contribution is 0.316. The number of hydrogen-bond acceptors (Lipinski definition) is 3. The fourth-order valence-electron chi connectivity index (χ4n) is 2.63. The molecule has 3 rings (SSSR count). The molecule has 0 aliphatic rings. The average Bonchev–Trinajstić information content (AvgIpc) is 3.00. The van der Waals surface area contributed by atoms with E-state index in [9.17, 15) is 5.21 Å². The SMILES string of the molecule is Cc1nccn1[C@@H](/C(=N/O)c1ccccc1)c1ccccc1. The molecule has 0 bridgehead atoms. The minimum atomic E-state index is -0.226. The van der Waals surface area contributed by atoms with E-state index in [1.807, 2.05) is 78.4 Å². The molecular formula is C18H17N3O. The maximum atomic E-state index is 9.66. The Labute approximate surface area is 129 Å². The Morgan fingerprint density at radius 1 is 1.05 bits per heavy atom. The third-order valence-corrected chi connectivity index (χ3v) is 3.69. The second-order valence-corrected chi connectivity index (χ2v) is 5.05. The van der Waals surface area contributed by atoms with Gasteiger partial charge in [0.15, 0.2) is 0 Å². The first-order chi connectivity index (χ1) is 10.8. The van der Waals surface area contributed by atoms with Crippen molar-refractivity contribution in [2.45, 2.75) is 13.0 Å². The van der Waals surface area contributed by atoms with Crippen molar-refractivity contribution < 1.29 is 5.21 Å². The van der Waals surface area contributed by atoms with Crippen LogP contribution in [0.3, 0.4) is 0 Å². The quantitative estimate of drug-likeness (QED) is 0.453. The summed E-state index contributed by atoms with van der Waals surface area (Å²) in [7, 11) is 0. The second kappa shape index (κ2) is 6.26. The van der Waals surface area contributed by atoms with Gasteiger partial charge in [-0.1, -0.05) is 65.8 Å². The summed E-state index contributed by atoms with van der Waals surface area (Å²) >= 11 is 0. The van der Waals surface area contributed by atoms with Gasteiger partial charge in [-0.25, -0.2) is 4.98 Å². The number of hydrogen-bond donors (Lipinski definition) is 1. The molecule has 22 heavy (non-hydrogen) atoms. The van der Waals surface area contributed by atoms with E-state index in [1.165, 1.54) is 0 Å². The van der Waals surface area contributed by atoms with Gasteiger partial charge in [-0.15, -0.1) is 0 Å². The standard InChI is InChI=1S/C18H17N3O/c1-14-19-12-13-21(14)18(16-10-6-3-7-11-16)17(20-22)15-8-4-2-5-9-15/h2-13,18,22H,1H3/b20-17+/t18-/m1/s1. The smallest absolute Gasteiger partial charge is 0.114 e. The second-order valence-electron chi connectivity index (χ2n) is 5.05. The molecule has 1 atom stereocenters. The van der Waals surface area contributed by atoms with Gasteiger partial charge in [0.25, 0.3) is 0 Å². The number of rotatable bonds is 4. The molecule has 0 radical (unpaired) electrons. The van der Waals surface area contributed by atoms with Crippen molar-refractivity contribution >= 4 is 5.71 Å². The molecule has 1 heterocycles. The summed E-state index contributed by atoms with van der Waals surface area (Å²) < 4.78 is 2.01. The summed E-state index contributed by atoms with van der Waals surface area (Å²) in [5.41, 5.74) is 2.51. The van der Waals surface area contributed by atoms with E-state index < -0.39 is 0 Å². The van der Waals surface area contributed by atoms with Gasteiger partial charge < -0.3 is 9.77 Å². The van der Waals surface area contributed by atoms with Crippen LogP contribution in [0.15, 0.2) is 78.2 Å². The predicted molar refractivity (Wildman–Crippen MR) is 86.3 cm³/mol. The molecule has 0 unspecified atom stereocenters. The molecule has 3 aromatic rings. The van der Waals surface area contributed by atoms with Crippen LogP contribution >= 0.6 is 0 Å². The summed E-state index contributed by atoms with van der Waals surface area (Å²) in [6.07, 6.45) is 3.66. The number of benzene rings is 2. The highest BCUT2D eigenvalue weighted by Crippen LogP contribution is 2.25. The molecule has 0 fully saturated rings. The molecule has 0 aliphatic carbocycles. The molecule has 110 valence electrons. The zero-order valence-electron chi connectivity index (χ0n) is 12.3. The monoisotopic (exact) mass is 291 g/mol. The molecule has 1 aromatic heterocycles. The summed E-state index contributed by atoms with van der Waals surface area (Å²) in [5.74, 6) is 0.867. The van der Waals surface area contributed by atoms with Gasteiger partial charge in [-0.3, -0.25) is 0 Å². The summed E-state index contributed by atoms with van der Waals surface area (Å²) in [5, 5.41) is 13.3.